The van der Waals surface area contributed by atoms with Gasteiger partial charge in [0, 0.05) is 18.9 Å². The van der Waals surface area contributed by atoms with Crippen LogP contribution in [-0.2, 0) is 22.4 Å². The van der Waals surface area contributed by atoms with Gasteiger partial charge in [0.25, 0.3) is 0 Å². The van der Waals surface area contributed by atoms with Crippen LogP contribution in [0.25, 0.3) is 0 Å². The second-order valence-electron chi connectivity index (χ2n) is 15.7. The number of rotatable bonds is 4. The molecule has 4 fully saturated rings. The Hall–Kier alpha value is -2.57. The summed E-state index contributed by atoms with van der Waals surface area (Å²) in [7, 11) is 1.59. The van der Waals surface area contributed by atoms with Gasteiger partial charge in [-0.05, 0) is 158 Å². The quantitative estimate of drug-likeness (QED) is 0.315. The number of aryl methyl sites for hydroxylation is 2. The van der Waals surface area contributed by atoms with E-state index in [-0.39, 0.29) is 28.4 Å². The SMILES string of the molecule is COC(Oc1cc2c(cc1O)CC[C@@H]1[C@@H]2CC[C@]2(C)C(=O)CC[C@@H]12)c1cc2c(cc1O)CCC1C2CC[C@@]2(C)C1CC[C@@H]2O. The summed E-state index contributed by atoms with van der Waals surface area (Å²) in [5.41, 5.74) is 5.37. The molecule has 2 aromatic rings. The standard InChI is InChI=1S/C38H48O6/c1-37-14-12-22-24(29(37)8-10-34(37)41)6-4-20-16-31(39)28(18-26(20)22)36(43-3)44-33-19-27-21(17-32(33)40)5-7-25-23(27)13-15-38(2)30(25)9-11-35(38)42/h16-19,22-25,29-30,34,36,39-41H,4-15H2,1-3H3/t22?,23-,24?,25+,29?,30-,34-,36?,37-,38-/m0/s1. The highest BCUT2D eigenvalue weighted by Gasteiger charge is 2.56. The first-order chi connectivity index (χ1) is 21.1. The van der Waals surface area contributed by atoms with Crippen LogP contribution in [0.4, 0.5) is 0 Å². The van der Waals surface area contributed by atoms with Crippen molar-refractivity contribution in [2.24, 2.45) is 34.5 Å². The highest BCUT2D eigenvalue weighted by molar-refractivity contribution is 5.87. The Balaban J connectivity index is 1.09. The van der Waals surface area contributed by atoms with Crippen molar-refractivity contribution in [2.45, 2.75) is 115 Å². The van der Waals surface area contributed by atoms with E-state index >= 15 is 0 Å². The third kappa shape index (κ3) is 4.08. The molecule has 0 saturated heterocycles. The van der Waals surface area contributed by atoms with Crippen LogP contribution in [-0.4, -0.2) is 34.3 Å². The molecule has 4 saturated carbocycles. The fourth-order valence-electron chi connectivity index (χ4n) is 11.6. The summed E-state index contributed by atoms with van der Waals surface area (Å²) in [5, 5.41) is 33.2. The summed E-state index contributed by atoms with van der Waals surface area (Å²) < 4.78 is 12.3. The third-order valence-corrected chi connectivity index (χ3v) is 14.0. The number of aliphatic hydroxyl groups excluding tert-OH is 1. The molecule has 6 nitrogen and oxygen atoms in total. The molecule has 4 unspecified atom stereocenters. The molecule has 44 heavy (non-hydrogen) atoms. The molecule has 0 heterocycles. The maximum Gasteiger partial charge on any atom is 0.230 e. The van der Waals surface area contributed by atoms with E-state index in [4.69, 9.17) is 9.47 Å². The van der Waals surface area contributed by atoms with Crippen molar-refractivity contribution in [3.8, 4) is 17.2 Å². The molecule has 0 bridgehead atoms. The molecule has 2 aromatic carbocycles. The summed E-state index contributed by atoms with van der Waals surface area (Å²) in [5.74, 6) is 3.88. The van der Waals surface area contributed by atoms with Crippen LogP contribution in [0.15, 0.2) is 24.3 Å². The number of phenols is 2. The normalized spacial score (nSPS) is 39.4. The minimum atomic E-state index is -0.867. The smallest absolute Gasteiger partial charge is 0.230 e. The minimum absolute atomic E-state index is 0.0177. The fraction of sp³-hybridized carbons (Fsp3) is 0.658. The number of methoxy groups -OCH3 is 1. The van der Waals surface area contributed by atoms with Crippen molar-refractivity contribution in [3.05, 3.63) is 52.1 Å². The van der Waals surface area contributed by atoms with E-state index in [1.165, 1.54) is 22.3 Å². The van der Waals surface area contributed by atoms with E-state index in [0.29, 0.717) is 59.0 Å². The number of benzene rings is 2. The third-order valence-electron chi connectivity index (χ3n) is 14.0. The largest absolute Gasteiger partial charge is 0.507 e. The predicted molar refractivity (Wildman–Crippen MR) is 167 cm³/mol. The zero-order valence-electron chi connectivity index (χ0n) is 26.5. The van der Waals surface area contributed by atoms with E-state index in [2.05, 4.69) is 19.9 Å². The zero-order valence-corrected chi connectivity index (χ0v) is 26.5. The summed E-state index contributed by atoms with van der Waals surface area (Å²) in [4.78, 5) is 12.8. The van der Waals surface area contributed by atoms with Crippen molar-refractivity contribution in [2.75, 3.05) is 7.11 Å². The summed E-state index contributed by atoms with van der Waals surface area (Å²) in [6.45, 7) is 4.49. The van der Waals surface area contributed by atoms with E-state index in [1.807, 2.05) is 18.2 Å². The maximum atomic E-state index is 12.8. The average molecular weight is 601 g/mol. The molecule has 0 amide bonds. The molecule has 6 heteroatoms. The molecule has 0 spiro atoms. The van der Waals surface area contributed by atoms with Gasteiger partial charge < -0.3 is 24.8 Å². The number of carbonyl (C=O) groups is 1. The van der Waals surface area contributed by atoms with Gasteiger partial charge in [-0.3, -0.25) is 4.79 Å². The van der Waals surface area contributed by atoms with Crippen LogP contribution in [0.2, 0.25) is 0 Å². The molecule has 0 radical (unpaired) electrons. The lowest BCUT2D eigenvalue weighted by Crippen LogP contribution is -2.44. The molecule has 0 aliphatic heterocycles. The van der Waals surface area contributed by atoms with Crippen LogP contribution in [0.5, 0.6) is 17.2 Å². The average Bonchev–Trinajstić information content (AvgIpc) is 3.49. The Morgan fingerprint density at radius 3 is 2.16 bits per heavy atom. The van der Waals surface area contributed by atoms with Crippen molar-refractivity contribution >= 4 is 5.78 Å². The molecule has 10 atom stereocenters. The monoisotopic (exact) mass is 600 g/mol. The van der Waals surface area contributed by atoms with Crippen LogP contribution in [0, 0.1) is 34.5 Å². The van der Waals surface area contributed by atoms with Crippen molar-refractivity contribution < 1.29 is 29.6 Å². The summed E-state index contributed by atoms with van der Waals surface area (Å²) >= 11 is 0. The molecule has 236 valence electrons. The van der Waals surface area contributed by atoms with E-state index in [0.717, 1.165) is 70.6 Å². The number of aliphatic hydroxyl groups is 1. The maximum absolute atomic E-state index is 12.8. The molecule has 6 aliphatic carbocycles. The minimum Gasteiger partial charge on any atom is -0.507 e. The Labute approximate surface area is 261 Å². The number of hydrogen-bond donors (Lipinski definition) is 3. The van der Waals surface area contributed by atoms with Gasteiger partial charge in [-0.2, -0.15) is 0 Å². The second kappa shape index (κ2) is 10.2. The lowest BCUT2D eigenvalue weighted by Gasteiger charge is -2.50. The van der Waals surface area contributed by atoms with Gasteiger partial charge in [0.2, 0.25) is 6.29 Å². The molecule has 8 rings (SSSR count). The summed E-state index contributed by atoms with van der Waals surface area (Å²) in [6, 6.07) is 7.90. The first kappa shape index (κ1) is 28.9. The van der Waals surface area contributed by atoms with Crippen molar-refractivity contribution in [3.63, 3.8) is 0 Å². The number of fused-ring (bicyclic) bond motifs is 10. The zero-order chi connectivity index (χ0) is 30.5. The molecule has 6 aliphatic rings. The lowest BCUT2D eigenvalue weighted by atomic mass is 9.55. The number of ether oxygens (including phenoxy) is 2. The highest BCUT2D eigenvalue weighted by atomic mass is 16.7. The summed E-state index contributed by atoms with van der Waals surface area (Å²) in [6.07, 6.45) is 10.6. The van der Waals surface area contributed by atoms with Crippen molar-refractivity contribution in [1.29, 1.82) is 0 Å². The van der Waals surface area contributed by atoms with Gasteiger partial charge in [0.05, 0.1) is 11.7 Å². The van der Waals surface area contributed by atoms with Gasteiger partial charge in [-0.1, -0.05) is 13.8 Å². The van der Waals surface area contributed by atoms with Crippen LogP contribution < -0.4 is 4.74 Å². The predicted octanol–water partition coefficient (Wildman–Crippen LogP) is 7.46. The Morgan fingerprint density at radius 2 is 1.43 bits per heavy atom. The van der Waals surface area contributed by atoms with E-state index < -0.39 is 6.29 Å². The molecule has 0 aromatic heterocycles. The first-order valence-corrected chi connectivity index (χ1v) is 17.2. The number of phenolic OH excluding ortho intramolecular Hbond substituents is 2. The van der Waals surface area contributed by atoms with Gasteiger partial charge in [0.15, 0.2) is 11.5 Å². The number of Topliss-reactive ketones (excluding diaryl/α,β-unsaturated/α-hetero) is 1. The number of carbonyl (C=O) groups excluding carboxylic acids is 1. The number of hydrogen-bond acceptors (Lipinski definition) is 6. The van der Waals surface area contributed by atoms with Crippen LogP contribution in [0.1, 0.15) is 124 Å². The van der Waals surface area contributed by atoms with Crippen molar-refractivity contribution in [1.82, 2.24) is 0 Å². The van der Waals surface area contributed by atoms with E-state index in [9.17, 15) is 20.1 Å². The highest BCUT2D eigenvalue weighted by Crippen LogP contribution is 2.62. The molecular weight excluding hydrogens is 552 g/mol. The number of aromatic hydroxyl groups is 2. The van der Waals surface area contributed by atoms with Crippen LogP contribution >= 0.6 is 0 Å². The van der Waals surface area contributed by atoms with Crippen LogP contribution in [0.3, 0.4) is 0 Å². The van der Waals surface area contributed by atoms with Gasteiger partial charge >= 0.3 is 0 Å². The Kier molecular flexibility index (Phi) is 6.71. The molecule has 3 N–H and O–H groups in total. The fourth-order valence-corrected chi connectivity index (χ4v) is 11.6. The van der Waals surface area contributed by atoms with Gasteiger partial charge in [-0.25, -0.2) is 0 Å². The first-order valence-electron chi connectivity index (χ1n) is 17.2. The van der Waals surface area contributed by atoms with Gasteiger partial charge in [-0.15, -0.1) is 0 Å². The van der Waals surface area contributed by atoms with E-state index in [1.54, 1.807) is 7.11 Å². The lowest BCUT2D eigenvalue weighted by molar-refractivity contribution is -0.129. The Morgan fingerprint density at radius 1 is 0.773 bits per heavy atom. The molecular formula is C38H48O6. The Bertz CT molecular complexity index is 1500. The van der Waals surface area contributed by atoms with Gasteiger partial charge in [0.1, 0.15) is 11.5 Å². The topological polar surface area (TPSA) is 96.2 Å². The second-order valence-corrected chi connectivity index (χ2v) is 15.7. The number of ketones is 1.